The van der Waals surface area contributed by atoms with Crippen LogP contribution in [0.15, 0.2) is 4.42 Å². The summed E-state index contributed by atoms with van der Waals surface area (Å²) < 4.78 is 11.5. The van der Waals surface area contributed by atoms with Gasteiger partial charge in [0.25, 0.3) is 0 Å². The topological polar surface area (TPSA) is 47.3 Å². The molecule has 3 rings (SSSR count). The monoisotopic (exact) mass is 222 g/mol. The zero-order valence-corrected chi connectivity index (χ0v) is 9.66. The number of ether oxygens (including phenoxy) is 1. The summed E-state index contributed by atoms with van der Waals surface area (Å²) >= 11 is 0. The lowest BCUT2D eigenvalue weighted by atomic mass is 10.2. The first kappa shape index (κ1) is 10.3. The molecular formula is C12H18N2O2. The van der Waals surface area contributed by atoms with Gasteiger partial charge in [-0.2, -0.15) is 0 Å². The standard InChI is InChI=1S/C12H18N2O2/c1-2-9-11(8-3-4-8)14-12(16-9)10-7-13-5-6-15-10/h8,10,13H,2-7H2,1H3. The van der Waals surface area contributed by atoms with E-state index in [4.69, 9.17) is 9.15 Å². The van der Waals surface area contributed by atoms with Crippen molar-refractivity contribution in [1.29, 1.82) is 0 Å². The summed E-state index contributed by atoms with van der Waals surface area (Å²) in [7, 11) is 0. The van der Waals surface area contributed by atoms with Crippen molar-refractivity contribution in [2.24, 2.45) is 0 Å². The Hall–Kier alpha value is -0.870. The second-order valence-corrected chi connectivity index (χ2v) is 4.55. The molecule has 1 saturated heterocycles. The molecule has 2 fully saturated rings. The van der Waals surface area contributed by atoms with Crippen LogP contribution in [0.25, 0.3) is 0 Å². The van der Waals surface area contributed by atoms with Gasteiger partial charge >= 0.3 is 0 Å². The van der Waals surface area contributed by atoms with Crippen LogP contribution in [0, 0.1) is 0 Å². The molecule has 1 aromatic rings. The van der Waals surface area contributed by atoms with Crippen molar-refractivity contribution in [3.05, 3.63) is 17.3 Å². The van der Waals surface area contributed by atoms with E-state index in [1.54, 1.807) is 0 Å². The van der Waals surface area contributed by atoms with Gasteiger partial charge in [-0.3, -0.25) is 0 Å². The van der Waals surface area contributed by atoms with Crippen molar-refractivity contribution in [3.8, 4) is 0 Å². The van der Waals surface area contributed by atoms with Gasteiger partial charge in [0, 0.05) is 25.4 Å². The Labute approximate surface area is 95.4 Å². The summed E-state index contributed by atoms with van der Waals surface area (Å²) in [6.07, 6.45) is 3.47. The molecule has 0 amide bonds. The molecule has 1 unspecified atom stereocenters. The number of aryl methyl sites for hydroxylation is 1. The molecular weight excluding hydrogens is 204 g/mol. The van der Waals surface area contributed by atoms with E-state index >= 15 is 0 Å². The zero-order valence-electron chi connectivity index (χ0n) is 9.66. The van der Waals surface area contributed by atoms with Crippen LogP contribution >= 0.6 is 0 Å². The quantitative estimate of drug-likeness (QED) is 0.846. The molecule has 4 nitrogen and oxygen atoms in total. The summed E-state index contributed by atoms with van der Waals surface area (Å²) in [5.41, 5.74) is 1.19. The summed E-state index contributed by atoms with van der Waals surface area (Å²) in [6.45, 7) is 4.60. The Morgan fingerprint density at radius 3 is 2.94 bits per heavy atom. The average Bonchev–Trinajstić information content (AvgIpc) is 3.10. The number of hydrogen-bond donors (Lipinski definition) is 1. The van der Waals surface area contributed by atoms with Crippen LogP contribution in [0.1, 0.15) is 49.1 Å². The Morgan fingerprint density at radius 1 is 1.44 bits per heavy atom. The second kappa shape index (κ2) is 4.18. The number of morpholine rings is 1. The van der Waals surface area contributed by atoms with Crippen molar-refractivity contribution in [1.82, 2.24) is 10.3 Å². The maximum Gasteiger partial charge on any atom is 0.225 e. The van der Waals surface area contributed by atoms with Crippen molar-refractivity contribution < 1.29 is 9.15 Å². The maximum atomic E-state index is 5.83. The largest absolute Gasteiger partial charge is 0.443 e. The minimum absolute atomic E-state index is 0.00606. The van der Waals surface area contributed by atoms with Crippen molar-refractivity contribution in [2.75, 3.05) is 19.7 Å². The van der Waals surface area contributed by atoms with Gasteiger partial charge in [-0.05, 0) is 12.8 Å². The Balaban J connectivity index is 1.83. The van der Waals surface area contributed by atoms with Crippen LogP contribution in [0.3, 0.4) is 0 Å². The van der Waals surface area contributed by atoms with E-state index in [-0.39, 0.29) is 6.10 Å². The third-order valence-corrected chi connectivity index (χ3v) is 3.23. The van der Waals surface area contributed by atoms with E-state index < -0.39 is 0 Å². The molecule has 1 aromatic heterocycles. The molecule has 2 heterocycles. The summed E-state index contributed by atoms with van der Waals surface area (Å²) in [5.74, 6) is 2.49. The van der Waals surface area contributed by atoms with Crippen LogP contribution < -0.4 is 5.32 Å². The number of aromatic nitrogens is 1. The molecule has 1 aliphatic heterocycles. The highest BCUT2D eigenvalue weighted by Gasteiger charge is 2.32. The van der Waals surface area contributed by atoms with Gasteiger partial charge in [-0.15, -0.1) is 0 Å². The molecule has 0 bridgehead atoms. The predicted molar refractivity (Wildman–Crippen MR) is 59.4 cm³/mol. The maximum absolute atomic E-state index is 5.83. The number of rotatable bonds is 3. The highest BCUT2D eigenvalue weighted by Crippen LogP contribution is 2.42. The minimum Gasteiger partial charge on any atom is -0.443 e. The van der Waals surface area contributed by atoms with Crippen LogP contribution in [-0.2, 0) is 11.2 Å². The Morgan fingerprint density at radius 2 is 2.31 bits per heavy atom. The SMILES string of the molecule is CCc1oc(C2CNCCO2)nc1C1CC1. The van der Waals surface area contributed by atoms with Crippen molar-refractivity contribution >= 4 is 0 Å². The van der Waals surface area contributed by atoms with Crippen LogP contribution in [0.2, 0.25) is 0 Å². The van der Waals surface area contributed by atoms with E-state index in [9.17, 15) is 0 Å². The smallest absolute Gasteiger partial charge is 0.225 e. The fourth-order valence-corrected chi connectivity index (χ4v) is 2.17. The molecule has 4 heteroatoms. The molecule has 2 aliphatic rings. The van der Waals surface area contributed by atoms with Gasteiger partial charge < -0.3 is 14.5 Å². The fourth-order valence-electron chi connectivity index (χ4n) is 2.17. The summed E-state index contributed by atoms with van der Waals surface area (Å²) in [4.78, 5) is 4.64. The fraction of sp³-hybridized carbons (Fsp3) is 0.750. The van der Waals surface area contributed by atoms with Gasteiger partial charge in [0.15, 0.2) is 0 Å². The normalized spacial score (nSPS) is 25.9. The van der Waals surface area contributed by atoms with Crippen LogP contribution in [0.4, 0.5) is 0 Å². The molecule has 0 spiro atoms. The zero-order chi connectivity index (χ0) is 11.0. The van der Waals surface area contributed by atoms with E-state index in [0.717, 1.165) is 37.8 Å². The van der Waals surface area contributed by atoms with Gasteiger partial charge in [-0.25, -0.2) is 4.98 Å². The third kappa shape index (κ3) is 1.87. The Kier molecular flexibility index (Phi) is 2.69. The first-order valence-electron chi connectivity index (χ1n) is 6.20. The highest BCUT2D eigenvalue weighted by atomic mass is 16.5. The van der Waals surface area contributed by atoms with Crippen LogP contribution in [-0.4, -0.2) is 24.7 Å². The Bertz CT molecular complexity index is 365. The van der Waals surface area contributed by atoms with E-state index in [0.29, 0.717) is 5.92 Å². The number of nitrogens with one attached hydrogen (secondary N) is 1. The number of oxazole rings is 1. The van der Waals surface area contributed by atoms with Crippen LogP contribution in [0.5, 0.6) is 0 Å². The van der Waals surface area contributed by atoms with Gasteiger partial charge in [-0.1, -0.05) is 6.92 Å². The number of hydrogen-bond acceptors (Lipinski definition) is 4. The molecule has 1 saturated carbocycles. The molecule has 1 atom stereocenters. The lowest BCUT2D eigenvalue weighted by Crippen LogP contribution is -2.33. The van der Waals surface area contributed by atoms with E-state index in [1.165, 1.54) is 18.5 Å². The molecule has 0 aromatic carbocycles. The summed E-state index contributed by atoms with van der Waals surface area (Å²) in [5, 5.41) is 3.30. The van der Waals surface area contributed by atoms with E-state index in [2.05, 4.69) is 17.2 Å². The first-order chi connectivity index (χ1) is 7.88. The van der Waals surface area contributed by atoms with Gasteiger partial charge in [0.2, 0.25) is 5.89 Å². The van der Waals surface area contributed by atoms with Gasteiger partial charge in [0.1, 0.15) is 11.9 Å². The number of nitrogens with zero attached hydrogens (tertiary/aromatic N) is 1. The predicted octanol–water partition coefficient (Wildman–Crippen LogP) is 1.78. The molecule has 1 aliphatic carbocycles. The average molecular weight is 222 g/mol. The lowest BCUT2D eigenvalue weighted by Gasteiger charge is -2.20. The van der Waals surface area contributed by atoms with Crippen molar-refractivity contribution in [2.45, 2.75) is 38.2 Å². The van der Waals surface area contributed by atoms with Crippen molar-refractivity contribution in [3.63, 3.8) is 0 Å². The molecule has 0 radical (unpaired) electrons. The highest BCUT2D eigenvalue weighted by molar-refractivity contribution is 5.20. The minimum atomic E-state index is 0.00606. The lowest BCUT2D eigenvalue weighted by molar-refractivity contribution is 0.0103. The molecule has 88 valence electrons. The van der Waals surface area contributed by atoms with Gasteiger partial charge in [0.05, 0.1) is 12.3 Å². The second-order valence-electron chi connectivity index (χ2n) is 4.55. The molecule has 1 N–H and O–H groups in total. The summed E-state index contributed by atoms with van der Waals surface area (Å²) in [6, 6.07) is 0. The third-order valence-electron chi connectivity index (χ3n) is 3.23. The van der Waals surface area contributed by atoms with E-state index in [1.807, 2.05) is 0 Å². The first-order valence-corrected chi connectivity index (χ1v) is 6.20. The molecule has 16 heavy (non-hydrogen) atoms.